The number of benzene rings is 3. The van der Waals surface area contributed by atoms with Crippen LogP contribution >= 0.6 is 27.3 Å². The topological polar surface area (TPSA) is 88.4 Å². The number of esters is 1. The van der Waals surface area contributed by atoms with Gasteiger partial charge in [-0.3, -0.25) is 9.36 Å². The molecule has 5 rings (SSSR count). The van der Waals surface area contributed by atoms with Crippen LogP contribution in [0.15, 0.2) is 86.6 Å². The summed E-state index contributed by atoms with van der Waals surface area (Å²) in [4.78, 5) is 33.1. The van der Waals surface area contributed by atoms with Gasteiger partial charge in [-0.2, -0.15) is 0 Å². The quantitative estimate of drug-likeness (QED) is 0.261. The van der Waals surface area contributed by atoms with Crippen molar-refractivity contribution in [1.82, 2.24) is 4.57 Å². The van der Waals surface area contributed by atoms with Crippen molar-refractivity contribution in [3.63, 3.8) is 0 Å². The van der Waals surface area contributed by atoms with E-state index in [4.69, 9.17) is 23.9 Å². The number of nitrogens with zero attached hydrogens (tertiary/aromatic N) is 2. The third-order valence-corrected chi connectivity index (χ3v) is 8.18. The first-order chi connectivity index (χ1) is 19.9. The Bertz CT molecular complexity index is 1830. The van der Waals surface area contributed by atoms with Crippen LogP contribution in [0.5, 0.6) is 17.2 Å². The highest BCUT2D eigenvalue weighted by Crippen LogP contribution is 2.36. The Hall–Kier alpha value is -4.15. The Morgan fingerprint density at radius 2 is 1.76 bits per heavy atom. The molecule has 2 heterocycles. The van der Waals surface area contributed by atoms with E-state index in [1.165, 1.54) is 11.3 Å². The molecule has 1 unspecified atom stereocenters. The number of rotatable bonds is 8. The Morgan fingerprint density at radius 3 is 2.44 bits per heavy atom. The Morgan fingerprint density at radius 1 is 1.00 bits per heavy atom. The van der Waals surface area contributed by atoms with Gasteiger partial charge < -0.3 is 18.9 Å². The van der Waals surface area contributed by atoms with Gasteiger partial charge in [0.1, 0.15) is 17.2 Å². The van der Waals surface area contributed by atoms with E-state index >= 15 is 0 Å². The maximum Gasteiger partial charge on any atom is 0.338 e. The molecule has 1 atom stereocenters. The number of hydrogen-bond acceptors (Lipinski definition) is 8. The molecule has 10 heteroatoms. The number of ether oxygens (including phenoxy) is 4. The summed E-state index contributed by atoms with van der Waals surface area (Å²) >= 11 is 4.75. The number of aromatic nitrogens is 1. The predicted molar refractivity (Wildman–Crippen MR) is 161 cm³/mol. The van der Waals surface area contributed by atoms with Crippen LogP contribution in [-0.4, -0.2) is 38.5 Å². The monoisotopic (exact) mass is 634 g/mol. The first-order valence-corrected chi connectivity index (χ1v) is 14.3. The maximum absolute atomic E-state index is 14.1. The molecule has 1 aliphatic heterocycles. The SMILES string of the molecule is CCOC(=O)C1=C(c2ccccc2)N=c2s/c(=C\c3cc(Br)c(OC)cc3OC)c(=O)n2C1c1cccc(OC)c1. The third kappa shape index (κ3) is 5.45. The molecule has 1 aliphatic rings. The number of hydrogen-bond donors (Lipinski definition) is 0. The summed E-state index contributed by atoms with van der Waals surface area (Å²) < 4.78 is 24.7. The Labute approximate surface area is 248 Å². The standard InChI is InChI=1S/C31H27BrN2O6S/c1-5-40-30(36)26-27(18-10-7-6-8-11-18)33-31-34(28(26)19-12-9-13-21(14-19)37-2)29(35)25(41-31)16-20-15-22(32)24(39-4)17-23(20)38-3/h6-17,28H,5H2,1-4H3/b25-16-. The zero-order chi connectivity index (χ0) is 29.1. The van der Waals surface area contributed by atoms with Crippen LogP contribution in [0, 0.1) is 0 Å². The predicted octanol–water partition coefficient (Wildman–Crippen LogP) is 4.72. The van der Waals surface area contributed by atoms with E-state index in [2.05, 4.69) is 15.9 Å². The molecule has 41 heavy (non-hydrogen) atoms. The lowest BCUT2D eigenvalue weighted by molar-refractivity contribution is -0.138. The number of fused-ring (bicyclic) bond motifs is 1. The van der Waals surface area contributed by atoms with E-state index in [1.54, 1.807) is 45.0 Å². The van der Waals surface area contributed by atoms with E-state index in [-0.39, 0.29) is 17.7 Å². The van der Waals surface area contributed by atoms with Crippen molar-refractivity contribution >= 4 is 45.0 Å². The molecule has 1 aromatic heterocycles. The zero-order valence-corrected chi connectivity index (χ0v) is 25.2. The van der Waals surface area contributed by atoms with Crippen LogP contribution in [0.3, 0.4) is 0 Å². The molecule has 0 amide bonds. The highest BCUT2D eigenvalue weighted by molar-refractivity contribution is 9.10. The number of carbonyl (C=O) groups excluding carboxylic acids is 1. The lowest BCUT2D eigenvalue weighted by Crippen LogP contribution is -2.40. The summed E-state index contributed by atoms with van der Waals surface area (Å²) in [6.45, 7) is 1.92. The van der Waals surface area contributed by atoms with Crippen molar-refractivity contribution in [2.45, 2.75) is 13.0 Å². The van der Waals surface area contributed by atoms with Crippen LogP contribution in [0.1, 0.15) is 29.7 Å². The number of thiazole rings is 1. The summed E-state index contributed by atoms with van der Waals surface area (Å²) in [5.74, 6) is 1.19. The molecule has 4 aromatic rings. The van der Waals surface area contributed by atoms with Gasteiger partial charge in [0.15, 0.2) is 4.80 Å². The minimum atomic E-state index is -0.803. The normalized spacial score (nSPS) is 14.8. The van der Waals surface area contributed by atoms with Crippen molar-refractivity contribution in [3.8, 4) is 17.2 Å². The van der Waals surface area contributed by atoms with Crippen molar-refractivity contribution in [1.29, 1.82) is 0 Å². The molecular formula is C31H27BrN2O6S. The fourth-order valence-corrected chi connectivity index (χ4v) is 6.22. The van der Waals surface area contributed by atoms with Crippen molar-refractivity contribution < 1.29 is 23.7 Å². The van der Waals surface area contributed by atoms with Crippen molar-refractivity contribution in [2.24, 2.45) is 4.99 Å². The zero-order valence-electron chi connectivity index (χ0n) is 22.8. The largest absolute Gasteiger partial charge is 0.497 e. The Kier molecular flexibility index (Phi) is 8.41. The van der Waals surface area contributed by atoms with Crippen LogP contribution in [0.2, 0.25) is 0 Å². The van der Waals surface area contributed by atoms with Crippen LogP contribution < -0.4 is 29.1 Å². The molecule has 0 N–H and O–H groups in total. The van der Waals surface area contributed by atoms with Gasteiger partial charge in [-0.25, -0.2) is 9.79 Å². The summed E-state index contributed by atoms with van der Waals surface area (Å²) in [5, 5.41) is 0. The molecule has 0 aliphatic carbocycles. The average molecular weight is 636 g/mol. The van der Waals surface area contributed by atoms with Gasteiger partial charge in [0.05, 0.1) is 54.3 Å². The number of carbonyl (C=O) groups is 1. The molecule has 3 aromatic carbocycles. The first-order valence-electron chi connectivity index (χ1n) is 12.7. The molecule has 0 bridgehead atoms. The highest BCUT2D eigenvalue weighted by atomic mass is 79.9. The summed E-state index contributed by atoms with van der Waals surface area (Å²) in [5.41, 5.74) is 2.53. The van der Waals surface area contributed by atoms with Crippen LogP contribution in [-0.2, 0) is 9.53 Å². The molecule has 0 saturated carbocycles. The van der Waals surface area contributed by atoms with E-state index in [9.17, 15) is 9.59 Å². The van der Waals surface area contributed by atoms with Crippen LogP contribution in [0.4, 0.5) is 0 Å². The van der Waals surface area contributed by atoms with Gasteiger partial charge in [-0.15, -0.1) is 0 Å². The molecular weight excluding hydrogens is 608 g/mol. The first kappa shape index (κ1) is 28.4. The minimum Gasteiger partial charge on any atom is -0.497 e. The number of methoxy groups -OCH3 is 3. The smallest absolute Gasteiger partial charge is 0.338 e. The van der Waals surface area contributed by atoms with Crippen molar-refractivity contribution in [2.75, 3.05) is 27.9 Å². The fourth-order valence-electron chi connectivity index (χ4n) is 4.70. The number of halogens is 1. The second kappa shape index (κ2) is 12.2. The van der Waals surface area contributed by atoms with Crippen molar-refractivity contribution in [3.05, 3.63) is 113 Å². The second-order valence-electron chi connectivity index (χ2n) is 8.94. The second-order valence-corrected chi connectivity index (χ2v) is 10.8. The third-order valence-electron chi connectivity index (χ3n) is 6.57. The van der Waals surface area contributed by atoms with Gasteiger partial charge in [-0.05, 0) is 52.7 Å². The van der Waals surface area contributed by atoms with E-state index in [1.807, 2.05) is 60.7 Å². The van der Waals surface area contributed by atoms with E-state index in [0.29, 0.717) is 47.9 Å². The summed E-state index contributed by atoms with van der Waals surface area (Å²) in [6, 6.07) is 19.5. The minimum absolute atomic E-state index is 0.172. The van der Waals surface area contributed by atoms with Gasteiger partial charge >= 0.3 is 5.97 Å². The summed E-state index contributed by atoms with van der Waals surface area (Å²) in [7, 11) is 4.70. The lowest BCUT2D eigenvalue weighted by atomic mass is 9.93. The van der Waals surface area contributed by atoms with E-state index < -0.39 is 12.0 Å². The van der Waals surface area contributed by atoms with Crippen LogP contribution in [0.25, 0.3) is 11.8 Å². The summed E-state index contributed by atoms with van der Waals surface area (Å²) in [6.07, 6.45) is 1.76. The fraction of sp³-hybridized carbons (Fsp3) is 0.194. The Balaban J connectivity index is 1.83. The lowest BCUT2D eigenvalue weighted by Gasteiger charge is -2.26. The molecule has 0 spiro atoms. The molecule has 210 valence electrons. The van der Waals surface area contributed by atoms with Gasteiger partial charge in [0.2, 0.25) is 0 Å². The average Bonchev–Trinajstić information content (AvgIpc) is 3.31. The van der Waals surface area contributed by atoms with Gasteiger partial charge in [0, 0.05) is 17.2 Å². The molecule has 8 nitrogen and oxygen atoms in total. The maximum atomic E-state index is 14.1. The molecule has 0 radical (unpaired) electrons. The van der Waals surface area contributed by atoms with Gasteiger partial charge in [-0.1, -0.05) is 53.8 Å². The molecule has 0 fully saturated rings. The van der Waals surface area contributed by atoms with Gasteiger partial charge in [0.25, 0.3) is 5.56 Å². The highest BCUT2D eigenvalue weighted by Gasteiger charge is 2.35. The van der Waals surface area contributed by atoms with E-state index in [0.717, 1.165) is 5.56 Å². The molecule has 0 saturated heterocycles.